The first kappa shape index (κ1) is 10.6. The Morgan fingerprint density at radius 2 is 1.85 bits per heavy atom. The van der Waals surface area contributed by atoms with Crippen molar-refractivity contribution in [3.63, 3.8) is 0 Å². The number of benzene rings is 1. The summed E-state index contributed by atoms with van der Waals surface area (Å²) in [6.07, 6.45) is 3.85. The third kappa shape index (κ3) is 4.32. The molecule has 0 atom stereocenters. The summed E-state index contributed by atoms with van der Waals surface area (Å²) in [7, 11) is 0. The molecule has 1 nitrogen and oxygen atoms in total. The zero-order chi connectivity index (χ0) is 9.52. The Morgan fingerprint density at radius 1 is 1.15 bits per heavy atom. The number of nitrogens with one attached hydrogen (secondary N) is 1. The molecule has 0 spiro atoms. The highest BCUT2D eigenvalue weighted by molar-refractivity contribution is 9.10. The van der Waals surface area contributed by atoms with E-state index in [1.54, 1.807) is 0 Å². The molecule has 1 rings (SSSR count). The van der Waals surface area contributed by atoms with Crippen molar-refractivity contribution in [2.75, 3.05) is 11.9 Å². The molecule has 0 aliphatic heterocycles. The number of unbranched alkanes of at least 4 members (excludes halogenated alkanes) is 2. The molecule has 0 heterocycles. The summed E-state index contributed by atoms with van der Waals surface area (Å²) in [5, 5.41) is 3.39. The lowest BCUT2D eigenvalue weighted by Gasteiger charge is -2.05. The Morgan fingerprint density at radius 3 is 2.46 bits per heavy atom. The van der Waals surface area contributed by atoms with Crippen LogP contribution in [0.4, 0.5) is 5.69 Å². The monoisotopic (exact) mass is 241 g/mol. The summed E-state index contributed by atoms with van der Waals surface area (Å²) in [6.45, 7) is 3.30. The molecule has 0 bridgehead atoms. The molecular formula is C11H16BrN. The van der Waals surface area contributed by atoms with Crippen molar-refractivity contribution in [3.8, 4) is 0 Å². The lowest BCUT2D eigenvalue weighted by Crippen LogP contribution is -2.00. The highest BCUT2D eigenvalue weighted by Gasteiger charge is 1.90. The van der Waals surface area contributed by atoms with Gasteiger partial charge in [0.1, 0.15) is 0 Å². The largest absolute Gasteiger partial charge is 0.385 e. The number of hydrogen-bond donors (Lipinski definition) is 1. The van der Waals surface area contributed by atoms with E-state index in [-0.39, 0.29) is 0 Å². The molecule has 0 aliphatic rings. The quantitative estimate of drug-likeness (QED) is 0.768. The maximum Gasteiger partial charge on any atom is 0.0340 e. The van der Waals surface area contributed by atoms with Crippen LogP contribution in [0.15, 0.2) is 28.7 Å². The van der Waals surface area contributed by atoms with Crippen molar-refractivity contribution in [2.24, 2.45) is 0 Å². The predicted octanol–water partition coefficient (Wildman–Crippen LogP) is 4.05. The summed E-state index contributed by atoms with van der Waals surface area (Å²) in [5.41, 5.74) is 1.21. The van der Waals surface area contributed by atoms with Gasteiger partial charge in [-0.25, -0.2) is 0 Å². The zero-order valence-electron chi connectivity index (χ0n) is 8.02. The second-order valence-corrected chi connectivity index (χ2v) is 4.06. The molecule has 0 saturated carbocycles. The van der Waals surface area contributed by atoms with Gasteiger partial charge < -0.3 is 5.32 Å². The molecule has 1 N–H and O–H groups in total. The number of halogens is 1. The molecular weight excluding hydrogens is 226 g/mol. The smallest absolute Gasteiger partial charge is 0.0340 e. The van der Waals surface area contributed by atoms with E-state index in [0.29, 0.717) is 0 Å². The fraction of sp³-hybridized carbons (Fsp3) is 0.455. The van der Waals surface area contributed by atoms with Crippen molar-refractivity contribution in [1.82, 2.24) is 0 Å². The molecule has 1 aromatic carbocycles. The number of anilines is 1. The molecule has 0 radical (unpaired) electrons. The highest BCUT2D eigenvalue weighted by atomic mass is 79.9. The molecule has 72 valence electrons. The van der Waals surface area contributed by atoms with Gasteiger partial charge in [0.15, 0.2) is 0 Å². The van der Waals surface area contributed by atoms with Crippen LogP contribution in [0.5, 0.6) is 0 Å². The molecule has 0 saturated heterocycles. The maximum atomic E-state index is 3.41. The van der Waals surface area contributed by atoms with E-state index in [9.17, 15) is 0 Å². The fourth-order valence-corrected chi connectivity index (χ4v) is 1.44. The van der Waals surface area contributed by atoms with E-state index in [1.807, 2.05) is 0 Å². The van der Waals surface area contributed by atoms with E-state index in [4.69, 9.17) is 0 Å². The van der Waals surface area contributed by atoms with Gasteiger partial charge >= 0.3 is 0 Å². The minimum absolute atomic E-state index is 1.08. The van der Waals surface area contributed by atoms with Crippen molar-refractivity contribution in [1.29, 1.82) is 0 Å². The van der Waals surface area contributed by atoms with Crippen LogP contribution >= 0.6 is 15.9 Å². The van der Waals surface area contributed by atoms with E-state index < -0.39 is 0 Å². The Hall–Kier alpha value is -0.500. The molecule has 0 amide bonds. The first-order chi connectivity index (χ1) is 6.33. The van der Waals surface area contributed by atoms with E-state index in [0.717, 1.165) is 11.0 Å². The van der Waals surface area contributed by atoms with Gasteiger partial charge in [-0.05, 0) is 30.7 Å². The maximum absolute atomic E-state index is 3.41. The van der Waals surface area contributed by atoms with Crippen LogP contribution in [0.25, 0.3) is 0 Å². The third-order valence-electron chi connectivity index (χ3n) is 1.95. The minimum atomic E-state index is 1.08. The molecule has 0 aromatic heterocycles. The Balaban J connectivity index is 2.25. The van der Waals surface area contributed by atoms with E-state index in [1.165, 1.54) is 24.9 Å². The van der Waals surface area contributed by atoms with Crippen LogP contribution in [0.1, 0.15) is 26.2 Å². The average molecular weight is 242 g/mol. The van der Waals surface area contributed by atoms with E-state index >= 15 is 0 Å². The summed E-state index contributed by atoms with van der Waals surface area (Å²) in [4.78, 5) is 0. The Labute approximate surface area is 88.7 Å². The van der Waals surface area contributed by atoms with Gasteiger partial charge in [0.05, 0.1) is 0 Å². The van der Waals surface area contributed by atoms with Crippen molar-refractivity contribution >= 4 is 21.6 Å². The topological polar surface area (TPSA) is 12.0 Å². The molecule has 0 fully saturated rings. The van der Waals surface area contributed by atoms with Gasteiger partial charge in [0, 0.05) is 16.7 Å². The first-order valence-corrected chi connectivity index (χ1v) is 5.61. The van der Waals surface area contributed by atoms with Crippen molar-refractivity contribution in [3.05, 3.63) is 28.7 Å². The number of rotatable bonds is 5. The summed E-state index contributed by atoms with van der Waals surface area (Å²) in [5.74, 6) is 0. The van der Waals surface area contributed by atoms with Crippen molar-refractivity contribution < 1.29 is 0 Å². The van der Waals surface area contributed by atoms with Gasteiger partial charge in [0.2, 0.25) is 0 Å². The molecule has 0 unspecified atom stereocenters. The van der Waals surface area contributed by atoms with Gasteiger partial charge in [-0.1, -0.05) is 35.7 Å². The fourth-order valence-electron chi connectivity index (χ4n) is 1.18. The predicted molar refractivity (Wildman–Crippen MR) is 62.2 cm³/mol. The molecule has 2 heteroatoms. The average Bonchev–Trinajstić information content (AvgIpc) is 2.15. The number of hydrogen-bond acceptors (Lipinski definition) is 1. The molecule has 13 heavy (non-hydrogen) atoms. The van der Waals surface area contributed by atoms with Crippen LogP contribution in [0.3, 0.4) is 0 Å². The van der Waals surface area contributed by atoms with Gasteiger partial charge in [-0.15, -0.1) is 0 Å². The Bertz CT molecular complexity index is 230. The Kier molecular flexibility index (Phi) is 4.91. The standard InChI is InChI=1S/C11H16BrN/c1-2-3-4-9-13-11-7-5-10(12)6-8-11/h5-8,13H,2-4,9H2,1H3. The van der Waals surface area contributed by atoms with Crippen LogP contribution in [0, 0.1) is 0 Å². The summed E-state index contributed by atoms with van der Waals surface area (Å²) in [6, 6.07) is 8.30. The van der Waals surface area contributed by atoms with E-state index in [2.05, 4.69) is 52.4 Å². The normalized spacial score (nSPS) is 10.0. The zero-order valence-corrected chi connectivity index (χ0v) is 9.60. The molecule has 0 aliphatic carbocycles. The van der Waals surface area contributed by atoms with Crippen LogP contribution in [0.2, 0.25) is 0 Å². The SMILES string of the molecule is CCCCCNc1ccc(Br)cc1. The van der Waals surface area contributed by atoms with Gasteiger partial charge in [-0.3, -0.25) is 0 Å². The van der Waals surface area contributed by atoms with Crippen LogP contribution in [-0.4, -0.2) is 6.54 Å². The van der Waals surface area contributed by atoms with Gasteiger partial charge in [0.25, 0.3) is 0 Å². The summed E-state index contributed by atoms with van der Waals surface area (Å²) >= 11 is 3.41. The second kappa shape index (κ2) is 6.03. The highest BCUT2D eigenvalue weighted by Crippen LogP contribution is 2.13. The lowest BCUT2D eigenvalue weighted by atomic mass is 10.2. The lowest BCUT2D eigenvalue weighted by molar-refractivity contribution is 0.744. The van der Waals surface area contributed by atoms with Crippen molar-refractivity contribution in [2.45, 2.75) is 26.2 Å². The van der Waals surface area contributed by atoms with Crippen LogP contribution < -0.4 is 5.32 Å². The third-order valence-corrected chi connectivity index (χ3v) is 2.48. The van der Waals surface area contributed by atoms with Crippen LogP contribution in [-0.2, 0) is 0 Å². The second-order valence-electron chi connectivity index (χ2n) is 3.14. The minimum Gasteiger partial charge on any atom is -0.385 e. The molecule has 1 aromatic rings. The van der Waals surface area contributed by atoms with Gasteiger partial charge in [-0.2, -0.15) is 0 Å². The summed E-state index contributed by atoms with van der Waals surface area (Å²) < 4.78 is 1.13. The first-order valence-electron chi connectivity index (χ1n) is 4.82.